The Morgan fingerprint density at radius 2 is 1.96 bits per heavy atom. The maximum Gasteiger partial charge on any atom is 0.252 e. The van der Waals surface area contributed by atoms with Crippen LogP contribution in [0.25, 0.3) is 0 Å². The van der Waals surface area contributed by atoms with Crippen LogP contribution in [0.4, 0.5) is 4.39 Å². The minimum Gasteiger partial charge on any atom is -0.351 e. The van der Waals surface area contributed by atoms with Gasteiger partial charge in [0, 0.05) is 18.0 Å². The first-order valence-corrected chi connectivity index (χ1v) is 10.3. The molecule has 134 valence electrons. The summed E-state index contributed by atoms with van der Waals surface area (Å²) < 4.78 is 39.9. The summed E-state index contributed by atoms with van der Waals surface area (Å²) in [6.45, 7) is 1.40. The molecule has 0 unspecified atom stereocenters. The lowest BCUT2D eigenvalue weighted by molar-refractivity contribution is -0.120. The molecule has 0 radical (unpaired) electrons. The van der Waals surface area contributed by atoms with Gasteiger partial charge in [0.15, 0.2) is 0 Å². The lowest BCUT2D eigenvalue weighted by Gasteiger charge is -2.13. The van der Waals surface area contributed by atoms with E-state index >= 15 is 0 Å². The fourth-order valence-electron chi connectivity index (χ4n) is 2.73. The van der Waals surface area contributed by atoms with Crippen LogP contribution in [-0.4, -0.2) is 31.7 Å². The van der Waals surface area contributed by atoms with Gasteiger partial charge in [-0.2, -0.15) is 4.31 Å². The van der Waals surface area contributed by atoms with Crippen molar-refractivity contribution in [2.45, 2.75) is 30.0 Å². The smallest absolute Gasteiger partial charge is 0.252 e. The molecule has 3 rings (SSSR count). The monoisotopic (exact) mass is 382 g/mol. The van der Waals surface area contributed by atoms with Gasteiger partial charge in [-0.1, -0.05) is 12.1 Å². The molecule has 1 aromatic heterocycles. The third kappa shape index (κ3) is 4.45. The average molecular weight is 382 g/mol. The van der Waals surface area contributed by atoms with Crippen molar-refractivity contribution >= 4 is 27.3 Å². The fraction of sp³-hybridized carbons (Fsp3) is 0.353. The summed E-state index contributed by atoms with van der Waals surface area (Å²) in [4.78, 5) is 12.7. The third-order valence-electron chi connectivity index (χ3n) is 4.01. The summed E-state index contributed by atoms with van der Waals surface area (Å²) >= 11 is 1.17. The number of carbonyl (C=O) groups is 1. The van der Waals surface area contributed by atoms with E-state index in [1.54, 1.807) is 24.3 Å². The molecule has 0 spiro atoms. The van der Waals surface area contributed by atoms with Crippen molar-refractivity contribution in [2.24, 2.45) is 0 Å². The maximum atomic E-state index is 13.1. The Morgan fingerprint density at radius 3 is 2.68 bits per heavy atom. The molecule has 0 saturated carbocycles. The molecule has 0 atom stereocenters. The largest absolute Gasteiger partial charge is 0.351 e. The van der Waals surface area contributed by atoms with Crippen LogP contribution in [-0.2, 0) is 27.8 Å². The van der Waals surface area contributed by atoms with Gasteiger partial charge in [-0.05, 0) is 42.7 Å². The standard InChI is InChI=1S/C17H19FN2O3S2/c18-14-5-3-4-13(10-14)11-16(21)19-12-15-6-7-17(24-15)25(22,23)20-8-1-2-9-20/h3-7,10H,1-2,8-9,11-12H2,(H,19,21). The Morgan fingerprint density at radius 1 is 1.20 bits per heavy atom. The van der Waals surface area contributed by atoms with Crippen molar-refractivity contribution in [3.05, 3.63) is 52.7 Å². The molecule has 2 aromatic rings. The second-order valence-electron chi connectivity index (χ2n) is 5.92. The molecule has 1 aromatic carbocycles. The first-order chi connectivity index (χ1) is 11.9. The summed E-state index contributed by atoms with van der Waals surface area (Å²) in [6, 6.07) is 9.21. The average Bonchev–Trinajstić information content (AvgIpc) is 3.25. The first-order valence-electron chi connectivity index (χ1n) is 8.05. The Bertz CT molecular complexity index is 858. The van der Waals surface area contributed by atoms with Crippen molar-refractivity contribution in [1.29, 1.82) is 0 Å². The number of sulfonamides is 1. The van der Waals surface area contributed by atoms with Crippen molar-refractivity contribution in [2.75, 3.05) is 13.1 Å². The van der Waals surface area contributed by atoms with Crippen LogP contribution in [0.15, 0.2) is 40.6 Å². The third-order valence-corrected chi connectivity index (χ3v) is 7.46. The van der Waals surface area contributed by atoms with Gasteiger partial charge in [0.25, 0.3) is 10.0 Å². The number of rotatable bonds is 6. The minimum absolute atomic E-state index is 0.0854. The SMILES string of the molecule is O=C(Cc1cccc(F)c1)NCc1ccc(S(=O)(=O)N2CCCC2)s1. The highest BCUT2D eigenvalue weighted by molar-refractivity contribution is 7.91. The van der Waals surface area contributed by atoms with Crippen LogP contribution in [0.3, 0.4) is 0 Å². The van der Waals surface area contributed by atoms with Gasteiger partial charge in [-0.25, -0.2) is 12.8 Å². The van der Waals surface area contributed by atoms with E-state index in [-0.39, 0.29) is 24.7 Å². The Labute approximate surface area is 150 Å². The van der Waals surface area contributed by atoms with E-state index in [0.29, 0.717) is 22.9 Å². The molecule has 25 heavy (non-hydrogen) atoms. The molecule has 1 aliphatic rings. The zero-order chi connectivity index (χ0) is 17.9. The summed E-state index contributed by atoms with van der Waals surface area (Å²) in [5.74, 6) is -0.608. The number of hydrogen-bond acceptors (Lipinski definition) is 4. The highest BCUT2D eigenvalue weighted by Crippen LogP contribution is 2.27. The first kappa shape index (κ1) is 18.0. The minimum atomic E-state index is -3.41. The molecule has 1 N–H and O–H groups in total. The van der Waals surface area contributed by atoms with Crippen LogP contribution in [0.1, 0.15) is 23.3 Å². The molecular weight excluding hydrogens is 363 g/mol. The number of benzene rings is 1. The van der Waals surface area contributed by atoms with Crippen LogP contribution >= 0.6 is 11.3 Å². The second kappa shape index (κ2) is 7.63. The van der Waals surface area contributed by atoms with E-state index in [1.807, 2.05) is 0 Å². The van der Waals surface area contributed by atoms with E-state index in [9.17, 15) is 17.6 Å². The van der Waals surface area contributed by atoms with Crippen LogP contribution in [0, 0.1) is 5.82 Å². The molecule has 0 bridgehead atoms. The quantitative estimate of drug-likeness (QED) is 0.835. The normalized spacial score (nSPS) is 15.4. The molecule has 1 aliphatic heterocycles. The zero-order valence-corrected chi connectivity index (χ0v) is 15.2. The van der Waals surface area contributed by atoms with E-state index in [2.05, 4.69) is 5.32 Å². The topological polar surface area (TPSA) is 66.5 Å². The predicted octanol–water partition coefficient (Wildman–Crippen LogP) is 2.53. The van der Waals surface area contributed by atoms with Gasteiger partial charge in [0.2, 0.25) is 5.91 Å². The van der Waals surface area contributed by atoms with E-state index in [4.69, 9.17) is 0 Å². The number of amides is 1. The van der Waals surface area contributed by atoms with Gasteiger partial charge in [-0.15, -0.1) is 11.3 Å². The van der Waals surface area contributed by atoms with E-state index in [1.165, 1.54) is 27.8 Å². The molecule has 1 saturated heterocycles. The summed E-state index contributed by atoms with van der Waals surface area (Å²) in [5.41, 5.74) is 0.598. The summed E-state index contributed by atoms with van der Waals surface area (Å²) in [5, 5.41) is 2.74. The summed E-state index contributed by atoms with van der Waals surface area (Å²) in [7, 11) is -3.41. The Kier molecular flexibility index (Phi) is 5.51. The number of thiophene rings is 1. The number of nitrogens with zero attached hydrogens (tertiary/aromatic N) is 1. The summed E-state index contributed by atoms with van der Waals surface area (Å²) in [6.07, 6.45) is 1.88. The molecule has 5 nitrogen and oxygen atoms in total. The lowest BCUT2D eigenvalue weighted by Crippen LogP contribution is -2.27. The van der Waals surface area contributed by atoms with E-state index < -0.39 is 10.0 Å². The zero-order valence-electron chi connectivity index (χ0n) is 13.6. The molecule has 1 amide bonds. The van der Waals surface area contributed by atoms with Crippen molar-refractivity contribution in [1.82, 2.24) is 9.62 Å². The highest BCUT2D eigenvalue weighted by Gasteiger charge is 2.28. The van der Waals surface area contributed by atoms with Gasteiger partial charge in [0.05, 0.1) is 13.0 Å². The van der Waals surface area contributed by atoms with Crippen LogP contribution < -0.4 is 5.32 Å². The highest BCUT2D eigenvalue weighted by atomic mass is 32.2. The predicted molar refractivity (Wildman–Crippen MR) is 94.3 cm³/mol. The van der Waals surface area contributed by atoms with Crippen molar-refractivity contribution in [3.8, 4) is 0 Å². The van der Waals surface area contributed by atoms with Gasteiger partial charge in [0.1, 0.15) is 10.0 Å². The fourth-order valence-corrected chi connectivity index (χ4v) is 5.70. The van der Waals surface area contributed by atoms with Gasteiger partial charge < -0.3 is 5.32 Å². The number of halogens is 1. The number of carbonyl (C=O) groups excluding carboxylic acids is 1. The van der Waals surface area contributed by atoms with Crippen molar-refractivity contribution < 1.29 is 17.6 Å². The Balaban J connectivity index is 1.57. The number of nitrogens with one attached hydrogen (secondary N) is 1. The van der Waals surface area contributed by atoms with E-state index in [0.717, 1.165) is 17.7 Å². The lowest BCUT2D eigenvalue weighted by atomic mass is 10.1. The van der Waals surface area contributed by atoms with Crippen LogP contribution in [0.5, 0.6) is 0 Å². The maximum absolute atomic E-state index is 13.1. The molecule has 1 fully saturated rings. The molecule has 0 aliphatic carbocycles. The van der Waals surface area contributed by atoms with Crippen LogP contribution in [0.2, 0.25) is 0 Å². The van der Waals surface area contributed by atoms with Gasteiger partial charge in [-0.3, -0.25) is 4.79 Å². The molecular formula is C17H19FN2O3S2. The van der Waals surface area contributed by atoms with Crippen molar-refractivity contribution in [3.63, 3.8) is 0 Å². The second-order valence-corrected chi connectivity index (χ2v) is 9.25. The van der Waals surface area contributed by atoms with Gasteiger partial charge >= 0.3 is 0 Å². The number of hydrogen-bond donors (Lipinski definition) is 1. The molecule has 8 heteroatoms. The Hall–Kier alpha value is -1.77. The molecule has 2 heterocycles.